The molecular formula is C10H24ClN. The third-order valence-electron chi connectivity index (χ3n) is 2.08. The van der Waals surface area contributed by atoms with Gasteiger partial charge in [-0.1, -0.05) is 33.6 Å². The maximum absolute atomic E-state index is 3.42. The quantitative estimate of drug-likeness (QED) is 0.655. The van der Waals surface area contributed by atoms with Gasteiger partial charge in [-0.05, 0) is 31.8 Å². The third-order valence-corrected chi connectivity index (χ3v) is 2.08. The van der Waals surface area contributed by atoms with E-state index in [1.54, 1.807) is 0 Å². The van der Waals surface area contributed by atoms with Crippen LogP contribution in [0.3, 0.4) is 0 Å². The van der Waals surface area contributed by atoms with Gasteiger partial charge in [0.25, 0.3) is 0 Å². The van der Waals surface area contributed by atoms with E-state index < -0.39 is 0 Å². The molecule has 0 unspecified atom stereocenters. The Hall–Kier alpha value is 0.250. The van der Waals surface area contributed by atoms with Gasteiger partial charge in [0.2, 0.25) is 0 Å². The molecule has 0 rings (SSSR count). The topological polar surface area (TPSA) is 12.0 Å². The summed E-state index contributed by atoms with van der Waals surface area (Å²) in [6.07, 6.45) is 5.44. The van der Waals surface area contributed by atoms with Crippen LogP contribution in [0.1, 0.15) is 46.5 Å². The number of halogens is 1. The highest BCUT2D eigenvalue weighted by Gasteiger charge is 2.04. The molecule has 0 aliphatic rings. The Bertz CT molecular complexity index is 70.2. The summed E-state index contributed by atoms with van der Waals surface area (Å²) < 4.78 is 0. The van der Waals surface area contributed by atoms with Crippen molar-refractivity contribution in [3.63, 3.8) is 0 Å². The second kappa shape index (κ2) is 11.2. The van der Waals surface area contributed by atoms with Gasteiger partial charge in [0.05, 0.1) is 0 Å². The third kappa shape index (κ3) is 8.35. The normalized spacial score (nSPS) is 10.0. The van der Waals surface area contributed by atoms with Gasteiger partial charge in [-0.25, -0.2) is 0 Å². The molecule has 0 radical (unpaired) electrons. The second-order valence-corrected chi connectivity index (χ2v) is 3.25. The fraction of sp³-hybridized carbons (Fsp3) is 1.00. The van der Waals surface area contributed by atoms with Gasteiger partial charge >= 0.3 is 0 Å². The molecule has 0 atom stereocenters. The lowest BCUT2D eigenvalue weighted by Gasteiger charge is -2.14. The SMILES string of the molecule is CCCC(CCC)CNCC.Cl. The molecule has 0 bridgehead atoms. The minimum Gasteiger partial charge on any atom is -0.317 e. The number of nitrogens with one attached hydrogen (secondary N) is 1. The number of hydrogen-bond acceptors (Lipinski definition) is 1. The maximum atomic E-state index is 3.42. The van der Waals surface area contributed by atoms with Crippen molar-refractivity contribution in [1.82, 2.24) is 5.32 Å². The highest BCUT2D eigenvalue weighted by Crippen LogP contribution is 2.11. The average molecular weight is 194 g/mol. The van der Waals surface area contributed by atoms with Crippen LogP contribution in [0.5, 0.6) is 0 Å². The fourth-order valence-electron chi connectivity index (χ4n) is 1.51. The minimum absolute atomic E-state index is 0. The van der Waals surface area contributed by atoms with Crippen LogP contribution in [-0.2, 0) is 0 Å². The van der Waals surface area contributed by atoms with Crippen molar-refractivity contribution < 1.29 is 0 Å². The molecule has 12 heavy (non-hydrogen) atoms. The summed E-state index contributed by atoms with van der Waals surface area (Å²) >= 11 is 0. The highest BCUT2D eigenvalue weighted by molar-refractivity contribution is 5.85. The van der Waals surface area contributed by atoms with E-state index in [9.17, 15) is 0 Å². The van der Waals surface area contributed by atoms with Crippen LogP contribution >= 0.6 is 12.4 Å². The lowest BCUT2D eigenvalue weighted by atomic mass is 9.98. The van der Waals surface area contributed by atoms with Crippen LogP contribution in [0.25, 0.3) is 0 Å². The van der Waals surface area contributed by atoms with Crippen LogP contribution in [-0.4, -0.2) is 13.1 Å². The van der Waals surface area contributed by atoms with E-state index in [1.165, 1.54) is 32.2 Å². The smallest absolute Gasteiger partial charge is 0.00206 e. The van der Waals surface area contributed by atoms with Gasteiger partial charge < -0.3 is 5.32 Å². The average Bonchev–Trinajstić information content (AvgIpc) is 2.01. The first-order valence-electron chi connectivity index (χ1n) is 5.05. The van der Waals surface area contributed by atoms with E-state index in [0.29, 0.717) is 0 Å². The maximum Gasteiger partial charge on any atom is -0.00206 e. The van der Waals surface area contributed by atoms with Crippen molar-refractivity contribution in [2.24, 2.45) is 5.92 Å². The fourth-order valence-corrected chi connectivity index (χ4v) is 1.51. The number of rotatable bonds is 7. The predicted octanol–water partition coefficient (Wildman–Crippen LogP) is 3.23. The first-order valence-corrected chi connectivity index (χ1v) is 5.05. The Morgan fingerprint density at radius 3 is 1.83 bits per heavy atom. The molecule has 2 heteroatoms. The Balaban J connectivity index is 0. The summed E-state index contributed by atoms with van der Waals surface area (Å²) in [5.74, 6) is 0.921. The molecule has 0 amide bonds. The predicted molar refractivity (Wildman–Crippen MR) is 59.1 cm³/mol. The Kier molecular flexibility index (Phi) is 13.8. The Morgan fingerprint density at radius 1 is 1.00 bits per heavy atom. The van der Waals surface area contributed by atoms with E-state index in [4.69, 9.17) is 0 Å². The minimum atomic E-state index is 0. The van der Waals surface area contributed by atoms with Crippen molar-refractivity contribution in [3.05, 3.63) is 0 Å². The molecule has 0 aliphatic heterocycles. The zero-order valence-electron chi connectivity index (χ0n) is 8.73. The summed E-state index contributed by atoms with van der Waals surface area (Å²) in [5.41, 5.74) is 0. The summed E-state index contributed by atoms with van der Waals surface area (Å²) in [7, 11) is 0. The molecule has 0 saturated carbocycles. The van der Waals surface area contributed by atoms with E-state index in [0.717, 1.165) is 12.5 Å². The Morgan fingerprint density at radius 2 is 1.50 bits per heavy atom. The Labute approximate surface area is 83.7 Å². The molecular weight excluding hydrogens is 170 g/mol. The van der Waals surface area contributed by atoms with Gasteiger partial charge in [-0.2, -0.15) is 0 Å². The van der Waals surface area contributed by atoms with Gasteiger partial charge in [-0.3, -0.25) is 0 Å². The highest BCUT2D eigenvalue weighted by atomic mass is 35.5. The molecule has 0 spiro atoms. The standard InChI is InChI=1S/C10H23N.ClH/c1-4-7-10(8-5-2)9-11-6-3;/h10-11H,4-9H2,1-3H3;1H. The molecule has 0 aliphatic carbocycles. The lowest BCUT2D eigenvalue weighted by Crippen LogP contribution is -2.22. The first kappa shape index (κ1) is 14.8. The molecule has 0 saturated heterocycles. The van der Waals surface area contributed by atoms with Crippen molar-refractivity contribution in [2.45, 2.75) is 46.5 Å². The first-order chi connectivity index (χ1) is 5.35. The van der Waals surface area contributed by atoms with E-state index in [-0.39, 0.29) is 12.4 Å². The molecule has 0 fully saturated rings. The van der Waals surface area contributed by atoms with Crippen LogP contribution in [0.2, 0.25) is 0 Å². The summed E-state index contributed by atoms with van der Waals surface area (Å²) in [5, 5.41) is 3.42. The number of hydrogen-bond donors (Lipinski definition) is 1. The summed E-state index contributed by atoms with van der Waals surface area (Å²) in [6, 6.07) is 0. The van der Waals surface area contributed by atoms with Crippen LogP contribution < -0.4 is 5.32 Å². The van der Waals surface area contributed by atoms with E-state index >= 15 is 0 Å². The van der Waals surface area contributed by atoms with Gasteiger partial charge in [0.1, 0.15) is 0 Å². The van der Waals surface area contributed by atoms with Gasteiger partial charge in [0, 0.05) is 0 Å². The van der Waals surface area contributed by atoms with Gasteiger partial charge in [0.15, 0.2) is 0 Å². The largest absolute Gasteiger partial charge is 0.317 e. The van der Waals surface area contributed by atoms with Crippen LogP contribution in [0.15, 0.2) is 0 Å². The van der Waals surface area contributed by atoms with Crippen LogP contribution in [0.4, 0.5) is 0 Å². The van der Waals surface area contributed by atoms with Crippen molar-refractivity contribution in [3.8, 4) is 0 Å². The van der Waals surface area contributed by atoms with E-state index in [1.807, 2.05) is 0 Å². The summed E-state index contributed by atoms with van der Waals surface area (Å²) in [6.45, 7) is 9.06. The second-order valence-electron chi connectivity index (χ2n) is 3.25. The zero-order valence-corrected chi connectivity index (χ0v) is 9.54. The van der Waals surface area contributed by atoms with E-state index in [2.05, 4.69) is 26.1 Å². The molecule has 0 aromatic carbocycles. The summed E-state index contributed by atoms with van der Waals surface area (Å²) in [4.78, 5) is 0. The van der Waals surface area contributed by atoms with Crippen LogP contribution in [0, 0.1) is 5.92 Å². The monoisotopic (exact) mass is 193 g/mol. The molecule has 0 aromatic rings. The molecule has 0 heterocycles. The molecule has 1 N–H and O–H groups in total. The molecule has 0 aromatic heterocycles. The van der Waals surface area contributed by atoms with Gasteiger partial charge in [-0.15, -0.1) is 12.4 Å². The van der Waals surface area contributed by atoms with Crippen molar-refractivity contribution >= 4 is 12.4 Å². The lowest BCUT2D eigenvalue weighted by molar-refractivity contribution is 0.415. The molecule has 1 nitrogen and oxygen atoms in total. The zero-order chi connectivity index (χ0) is 8.53. The van der Waals surface area contributed by atoms with Crippen molar-refractivity contribution in [1.29, 1.82) is 0 Å². The molecule has 76 valence electrons. The van der Waals surface area contributed by atoms with Crippen molar-refractivity contribution in [2.75, 3.05) is 13.1 Å².